The third kappa shape index (κ3) is 3.92. The summed E-state index contributed by atoms with van der Waals surface area (Å²) >= 11 is 0. The molecule has 0 saturated heterocycles. The summed E-state index contributed by atoms with van der Waals surface area (Å²) in [5.74, 6) is -0.792. The number of benzene rings is 3. The van der Waals surface area contributed by atoms with Gasteiger partial charge >= 0.3 is 5.69 Å². The molecule has 10 heteroatoms. The number of nitrogens with zero attached hydrogens (tertiary/aromatic N) is 5. The van der Waals surface area contributed by atoms with Gasteiger partial charge in [-0.05, 0) is 23.3 Å². The molecular formula is C28H24N6O4. The Bertz CT molecular complexity index is 1670. The van der Waals surface area contributed by atoms with Gasteiger partial charge in [-0.3, -0.25) is 28.4 Å². The van der Waals surface area contributed by atoms with E-state index >= 15 is 0 Å². The maximum atomic E-state index is 13.9. The quantitative estimate of drug-likeness (QED) is 0.313. The first kappa shape index (κ1) is 24.6. The number of azo groups is 1. The zero-order valence-electron chi connectivity index (χ0n) is 21.0. The monoisotopic (exact) mass is 508 g/mol. The van der Waals surface area contributed by atoms with Crippen LogP contribution >= 0.6 is 0 Å². The van der Waals surface area contributed by atoms with Crippen LogP contribution < -0.4 is 16.6 Å². The number of amides is 2. The van der Waals surface area contributed by atoms with Gasteiger partial charge in [0.15, 0.2) is 5.69 Å². The van der Waals surface area contributed by atoms with Gasteiger partial charge in [0.25, 0.3) is 17.4 Å². The molecular weight excluding hydrogens is 484 g/mol. The number of aromatic nitrogens is 2. The molecule has 0 radical (unpaired) electrons. The second-order valence-corrected chi connectivity index (χ2v) is 8.76. The Morgan fingerprint density at radius 1 is 0.711 bits per heavy atom. The minimum absolute atomic E-state index is 0.102. The smallest absolute Gasteiger partial charge is 0.332 e. The number of carbonyl (C=O) groups is 2. The Balaban J connectivity index is 1.62. The fourth-order valence-electron chi connectivity index (χ4n) is 4.67. The highest BCUT2D eigenvalue weighted by Crippen LogP contribution is 2.39. The van der Waals surface area contributed by atoms with E-state index in [-0.39, 0.29) is 28.3 Å². The van der Waals surface area contributed by atoms with Crippen LogP contribution in [0.25, 0.3) is 0 Å². The molecule has 190 valence electrons. The molecule has 1 N–H and O–H groups in total. The second-order valence-electron chi connectivity index (χ2n) is 8.76. The van der Waals surface area contributed by atoms with Gasteiger partial charge in [0, 0.05) is 21.1 Å². The number of hydrogen-bond acceptors (Lipinski definition) is 7. The number of imide groups is 1. The summed E-state index contributed by atoms with van der Waals surface area (Å²) in [6.07, 6.45) is 0. The lowest BCUT2D eigenvalue weighted by molar-refractivity contribution is 0.0609. The number of hydrogen-bond donors (Lipinski definition) is 1. The lowest BCUT2D eigenvalue weighted by Gasteiger charge is -2.27. The van der Waals surface area contributed by atoms with Crippen molar-refractivity contribution in [2.24, 2.45) is 24.3 Å². The molecule has 0 spiro atoms. The fourth-order valence-corrected chi connectivity index (χ4v) is 4.67. The summed E-state index contributed by atoms with van der Waals surface area (Å²) in [7, 11) is 4.40. The first-order chi connectivity index (χ1) is 18.3. The molecule has 38 heavy (non-hydrogen) atoms. The molecule has 0 unspecified atom stereocenters. The summed E-state index contributed by atoms with van der Waals surface area (Å²) in [6, 6.07) is 22.7. The largest absolute Gasteiger partial charge is 0.372 e. The molecule has 1 aromatic heterocycles. The fraction of sp³-hybridized carbons (Fsp3) is 0.143. The molecule has 1 aliphatic rings. The van der Waals surface area contributed by atoms with Gasteiger partial charge in [-0.2, -0.15) is 0 Å². The molecule has 4 aromatic rings. The first-order valence-corrected chi connectivity index (χ1v) is 11.9. The Morgan fingerprint density at radius 3 is 1.89 bits per heavy atom. The zero-order chi connectivity index (χ0) is 27.0. The van der Waals surface area contributed by atoms with Crippen LogP contribution in [0.15, 0.2) is 98.7 Å². The molecule has 0 bridgehead atoms. The average molecular weight is 509 g/mol. The Morgan fingerprint density at radius 2 is 1.32 bits per heavy atom. The van der Waals surface area contributed by atoms with E-state index in [0.29, 0.717) is 0 Å². The van der Waals surface area contributed by atoms with E-state index in [2.05, 4.69) is 15.5 Å². The van der Waals surface area contributed by atoms with Crippen LogP contribution in [0, 0.1) is 0 Å². The first-order valence-electron chi connectivity index (χ1n) is 11.9. The Labute approximate surface area is 217 Å². The third-order valence-electron chi connectivity index (χ3n) is 6.55. The molecule has 2 heterocycles. The van der Waals surface area contributed by atoms with E-state index in [1.54, 1.807) is 25.2 Å². The summed E-state index contributed by atoms with van der Waals surface area (Å²) < 4.78 is 2.16. The van der Waals surface area contributed by atoms with E-state index in [9.17, 15) is 19.2 Å². The highest BCUT2D eigenvalue weighted by Gasteiger charge is 2.42. The molecule has 0 saturated carbocycles. The summed E-state index contributed by atoms with van der Waals surface area (Å²) in [4.78, 5) is 53.8. The van der Waals surface area contributed by atoms with E-state index < -0.39 is 29.1 Å². The third-order valence-corrected chi connectivity index (χ3v) is 6.55. The number of nitrogens with one attached hydrogen (secondary N) is 1. The molecule has 0 aliphatic carbocycles. The SMILES string of the molecule is CNc1c(N=Nc2cccc3c2C(=O)N(C(c2ccccc2)c2ccccc2)C3=O)c(=O)n(C)c(=O)n1C. The standard InChI is InChI=1S/C28H24N6O4/c1-29-24-22(27(37)33(3)28(38)32(24)2)31-30-20-16-10-15-19-21(20)26(36)34(25(19)35)23(17-11-6-4-7-12-17)18-13-8-5-9-14-18/h4-16,23,29H,1-3H3. The molecule has 1 aliphatic heterocycles. The van der Waals surface area contributed by atoms with E-state index in [1.165, 1.54) is 23.6 Å². The van der Waals surface area contributed by atoms with Crippen LogP contribution in [-0.2, 0) is 14.1 Å². The van der Waals surface area contributed by atoms with Crippen molar-refractivity contribution in [2.75, 3.05) is 12.4 Å². The van der Waals surface area contributed by atoms with E-state index in [4.69, 9.17) is 0 Å². The maximum absolute atomic E-state index is 13.9. The van der Waals surface area contributed by atoms with Gasteiger partial charge in [-0.15, -0.1) is 10.2 Å². The highest BCUT2D eigenvalue weighted by molar-refractivity contribution is 6.23. The highest BCUT2D eigenvalue weighted by atomic mass is 16.2. The zero-order valence-corrected chi connectivity index (χ0v) is 21.0. The average Bonchev–Trinajstić information content (AvgIpc) is 3.20. The van der Waals surface area contributed by atoms with Crippen LogP contribution in [0.1, 0.15) is 37.9 Å². The van der Waals surface area contributed by atoms with Gasteiger partial charge in [0.1, 0.15) is 5.82 Å². The van der Waals surface area contributed by atoms with Crippen LogP contribution in [0.2, 0.25) is 0 Å². The Hall–Kier alpha value is -5.12. The van der Waals surface area contributed by atoms with E-state index in [0.717, 1.165) is 15.7 Å². The van der Waals surface area contributed by atoms with Gasteiger partial charge in [0.05, 0.1) is 22.9 Å². The topological polar surface area (TPSA) is 118 Å². The van der Waals surface area contributed by atoms with Crippen molar-refractivity contribution >= 4 is 29.0 Å². The molecule has 0 fully saturated rings. The normalized spacial score (nSPS) is 13.0. The van der Waals surface area contributed by atoms with Crippen LogP contribution in [0.3, 0.4) is 0 Å². The lowest BCUT2D eigenvalue weighted by Crippen LogP contribution is -2.37. The second kappa shape index (κ2) is 9.74. The maximum Gasteiger partial charge on any atom is 0.332 e. The number of fused-ring (bicyclic) bond motifs is 1. The van der Waals surface area contributed by atoms with Gasteiger partial charge < -0.3 is 5.32 Å². The van der Waals surface area contributed by atoms with Crippen LogP contribution in [-0.4, -0.2) is 32.9 Å². The number of rotatable bonds is 6. The molecule has 5 rings (SSSR count). The summed E-state index contributed by atoms with van der Waals surface area (Å²) in [5, 5.41) is 11.1. The molecule has 0 atom stereocenters. The predicted octanol–water partition coefficient (Wildman–Crippen LogP) is 3.93. The van der Waals surface area contributed by atoms with Crippen molar-refractivity contribution < 1.29 is 9.59 Å². The predicted molar refractivity (Wildman–Crippen MR) is 142 cm³/mol. The minimum atomic E-state index is -0.651. The van der Waals surface area contributed by atoms with Crippen molar-refractivity contribution in [2.45, 2.75) is 6.04 Å². The Kier molecular flexibility index (Phi) is 6.29. The minimum Gasteiger partial charge on any atom is -0.372 e. The number of anilines is 1. The number of carbonyl (C=O) groups excluding carboxylic acids is 2. The van der Waals surface area contributed by atoms with Crippen molar-refractivity contribution in [1.29, 1.82) is 0 Å². The van der Waals surface area contributed by atoms with Gasteiger partial charge in [0.2, 0.25) is 0 Å². The molecule has 10 nitrogen and oxygen atoms in total. The van der Waals surface area contributed by atoms with Crippen LogP contribution in [0.4, 0.5) is 17.2 Å². The van der Waals surface area contributed by atoms with Crippen molar-refractivity contribution in [3.63, 3.8) is 0 Å². The molecule has 3 aromatic carbocycles. The van der Waals surface area contributed by atoms with Gasteiger partial charge in [-0.1, -0.05) is 66.7 Å². The van der Waals surface area contributed by atoms with E-state index in [1.807, 2.05) is 60.7 Å². The van der Waals surface area contributed by atoms with Crippen LogP contribution in [0.5, 0.6) is 0 Å². The lowest BCUT2D eigenvalue weighted by atomic mass is 9.97. The van der Waals surface area contributed by atoms with Crippen molar-refractivity contribution in [1.82, 2.24) is 14.0 Å². The van der Waals surface area contributed by atoms with Crippen molar-refractivity contribution in [3.05, 3.63) is 122 Å². The van der Waals surface area contributed by atoms with Gasteiger partial charge in [-0.25, -0.2) is 4.79 Å². The summed E-state index contributed by atoms with van der Waals surface area (Å²) in [5.41, 5.74) is 0.730. The van der Waals surface area contributed by atoms with Crippen molar-refractivity contribution in [3.8, 4) is 0 Å². The summed E-state index contributed by atoms with van der Waals surface area (Å²) in [6.45, 7) is 0. The molecule has 2 amide bonds.